The van der Waals surface area contributed by atoms with Crippen LogP contribution < -0.4 is 10.1 Å². The Morgan fingerprint density at radius 3 is 2.42 bits per heavy atom. The first-order chi connectivity index (χ1) is 11.6. The van der Waals surface area contributed by atoms with Crippen molar-refractivity contribution in [3.05, 3.63) is 59.9 Å². The molecule has 0 radical (unpaired) electrons. The zero-order valence-electron chi connectivity index (χ0n) is 14.4. The van der Waals surface area contributed by atoms with Gasteiger partial charge in [-0.3, -0.25) is 4.79 Å². The van der Waals surface area contributed by atoms with Crippen LogP contribution in [0.25, 0.3) is 0 Å². The molecule has 2 rings (SSSR count). The van der Waals surface area contributed by atoms with Gasteiger partial charge in [-0.05, 0) is 42.5 Å². The Balaban J connectivity index is 2.15. The second kappa shape index (κ2) is 8.48. The number of halogens is 1. The highest BCUT2D eigenvalue weighted by atomic mass is 19.1. The number of benzene rings is 2. The van der Waals surface area contributed by atoms with E-state index in [0.29, 0.717) is 18.1 Å². The molecule has 24 heavy (non-hydrogen) atoms. The maximum Gasteiger partial charge on any atom is 0.265 e. The summed E-state index contributed by atoms with van der Waals surface area (Å²) in [5.41, 5.74) is 1.25. The van der Waals surface area contributed by atoms with Crippen molar-refractivity contribution in [3.63, 3.8) is 0 Å². The van der Waals surface area contributed by atoms with E-state index < -0.39 is 11.9 Å². The fraction of sp³-hybridized carbons (Fsp3) is 0.350. The summed E-state index contributed by atoms with van der Waals surface area (Å²) < 4.78 is 19.7. The van der Waals surface area contributed by atoms with Gasteiger partial charge in [-0.2, -0.15) is 0 Å². The van der Waals surface area contributed by atoms with Gasteiger partial charge in [0.2, 0.25) is 0 Å². The fourth-order valence-corrected chi connectivity index (χ4v) is 2.47. The summed E-state index contributed by atoms with van der Waals surface area (Å²) in [5, 5.41) is 2.61. The van der Waals surface area contributed by atoms with E-state index in [-0.39, 0.29) is 11.6 Å². The molecule has 2 unspecified atom stereocenters. The van der Waals surface area contributed by atoms with E-state index in [1.165, 1.54) is 12.1 Å². The quantitative estimate of drug-likeness (QED) is 0.764. The third-order valence-electron chi connectivity index (χ3n) is 4.13. The van der Waals surface area contributed by atoms with E-state index in [1.807, 2.05) is 31.2 Å². The monoisotopic (exact) mass is 329 g/mol. The predicted octanol–water partition coefficient (Wildman–Crippen LogP) is 5.14. The molecule has 0 saturated carbocycles. The zero-order chi connectivity index (χ0) is 17.5. The Morgan fingerprint density at radius 2 is 1.75 bits per heavy atom. The topological polar surface area (TPSA) is 38.3 Å². The number of carbonyl (C=O) groups is 1. The first-order valence-electron chi connectivity index (χ1n) is 8.37. The number of hydrogen-bond acceptors (Lipinski definition) is 2. The van der Waals surface area contributed by atoms with Gasteiger partial charge in [0.25, 0.3) is 5.91 Å². The first-order valence-corrected chi connectivity index (χ1v) is 8.37. The van der Waals surface area contributed by atoms with Crippen molar-refractivity contribution in [2.45, 2.75) is 45.6 Å². The predicted molar refractivity (Wildman–Crippen MR) is 94.9 cm³/mol. The number of para-hydroxylation sites is 2. The molecule has 1 amide bonds. The minimum Gasteiger partial charge on any atom is -0.480 e. The smallest absolute Gasteiger partial charge is 0.265 e. The van der Waals surface area contributed by atoms with E-state index >= 15 is 0 Å². The second-order valence-corrected chi connectivity index (χ2v) is 5.83. The average Bonchev–Trinajstić information content (AvgIpc) is 2.61. The molecule has 0 aliphatic carbocycles. The maximum atomic E-state index is 13.7. The van der Waals surface area contributed by atoms with E-state index in [1.54, 1.807) is 12.1 Å². The Labute approximate surface area is 142 Å². The third kappa shape index (κ3) is 4.34. The van der Waals surface area contributed by atoms with E-state index in [0.717, 1.165) is 12.0 Å². The van der Waals surface area contributed by atoms with Gasteiger partial charge in [-0.25, -0.2) is 4.39 Å². The number of rotatable bonds is 7. The second-order valence-electron chi connectivity index (χ2n) is 5.83. The molecule has 0 aliphatic rings. The summed E-state index contributed by atoms with van der Waals surface area (Å²) in [6.07, 6.45) is 0.808. The van der Waals surface area contributed by atoms with E-state index in [4.69, 9.17) is 4.74 Å². The van der Waals surface area contributed by atoms with Crippen molar-refractivity contribution in [2.75, 3.05) is 5.32 Å². The van der Waals surface area contributed by atoms with Crippen LogP contribution >= 0.6 is 0 Å². The largest absolute Gasteiger partial charge is 0.480 e. The standard InChI is InChI=1S/C20H24FNO2/c1-4-14(3)15-10-6-9-13-19(15)24-18(5-2)20(23)22-17-12-8-7-11-16(17)21/h6-14,18H,4-5H2,1-3H3,(H,22,23). The summed E-state index contributed by atoms with van der Waals surface area (Å²) in [5.74, 6) is 0.248. The first kappa shape index (κ1) is 18.0. The van der Waals surface area contributed by atoms with Gasteiger partial charge in [0, 0.05) is 0 Å². The van der Waals surface area contributed by atoms with Crippen molar-refractivity contribution in [1.82, 2.24) is 0 Å². The molecule has 1 N–H and O–H groups in total. The average molecular weight is 329 g/mol. The molecule has 0 saturated heterocycles. The van der Waals surface area contributed by atoms with Gasteiger partial charge in [-0.15, -0.1) is 0 Å². The molecule has 4 heteroatoms. The number of hydrogen-bond donors (Lipinski definition) is 1. The Hall–Kier alpha value is -2.36. The van der Waals surface area contributed by atoms with Crippen molar-refractivity contribution in [1.29, 1.82) is 0 Å². The van der Waals surface area contributed by atoms with Crippen LogP contribution in [0.3, 0.4) is 0 Å². The SMILES string of the molecule is CCC(Oc1ccccc1C(C)CC)C(=O)Nc1ccccc1F. The molecule has 128 valence electrons. The minimum atomic E-state index is -0.671. The molecule has 2 aromatic rings. The number of amides is 1. The highest BCUT2D eigenvalue weighted by molar-refractivity contribution is 5.94. The van der Waals surface area contributed by atoms with Crippen LogP contribution in [0, 0.1) is 5.82 Å². The van der Waals surface area contributed by atoms with Gasteiger partial charge in [0.15, 0.2) is 6.10 Å². The summed E-state index contributed by atoms with van der Waals surface area (Å²) in [7, 11) is 0. The molecule has 0 fully saturated rings. The van der Waals surface area contributed by atoms with E-state index in [9.17, 15) is 9.18 Å². The van der Waals surface area contributed by atoms with Crippen LogP contribution in [0.2, 0.25) is 0 Å². The van der Waals surface area contributed by atoms with Gasteiger partial charge in [0.1, 0.15) is 11.6 Å². The zero-order valence-corrected chi connectivity index (χ0v) is 14.4. The van der Waals surface area contributed by atoms with Crippen LogP contribution in [0.5, 0.6) is 5.75 Å². The Kier molecular flexibility index (Phi) is 6.36. The van der Waals surface area contributed by atoms with Crippen molar-refractivity contribution in [2.24, 2.45) is 0 Å². The number of ether oxygens (including phenoxy) is 1. The van der Waals surface area contributed by atoms with Gasteiger partial charge in [0.05, 0.1) is 5.69 Å². The van der Waals surface area contributed by atoms with Gasteiger partial charge in [-0.1, -0.05) is 51.1 Å². The minimum absolute atomic E-state index is 0.166. The van der Waals surface area contributed by atoms with Crippen molar-refractivity contribution in [3.8, 4) is 5.75 Å². The van der Waals surface area contributed by atoms with Crippen molar-refractivity contribution >= 4 is 11.6 Å². The van der Waals surface area contributed by atoms with Crippen LogP contribution in [0.1, 0.15) is 45.1 Å². The highest BCUT2D eigenvalue weighted by Crippen LogP contribution is 2.29. The molecule has 0 aromatic heterocycles. The molecule has 2 aromatic carbocycles. The Bertz CT molecular complexity index is 687. The normalized spacial score (nSPS) is 13.2. The lowest BCUT2D eigenvalue weighted by Crippen LogP contribution is -2.33. The lowest BCUT2D eigenvalue weighted by atomic mass is 9.98. The van der Waals surface area contributed by atoms with Crippen molar-refractivity contribution < 1.29 is 13.9 Å². The third-order valence-corrected chi connectivity index (χ3v) is 4.13. The molecule has 0 bridgehead atoms. The van der Waals surface area contributed by atoms with Crippen LogP contribution in [-0.2, 0) is 4.79 Å². The molecule has 0 heterocycles. The molecule has 2 atom stereocenters. The molecular formula is C20H24FNO2. The summed E-state index contributed by atoms with van der Waals surface area (Å²) in [4.78, 5) is 12.4. The number of anilines is 1. The molecule has 0 aliphatic heterocycles. The van der Waals surface area contributed by atoms with Crippen LogP contribution in [0.4, 0.5) is 10.1 Å². The van der Waals surface area contributed by atoms with E-state index in [2.05, 4.69) is 19.2 Å². The number of carbonyl (C=O) groups excluding carboxylic acids is 1. The van der Waals surface area contributed by atoms with Crippen LogP contribution in [0.15, 0.2) is 48.5 Å². The summed E-state index contributed by atoms with van der Waals surface area (Å²) in [6.45, 7) is 6.11. The summed E-state index contributed by atoms with van der Waals surface area (Å²) in [6, 6.07) is 13.9. The van der Waals surface area contributed by atoms with Gasteiger partial charge < -0.3 is 10.1 Å². The number of nitrogens with one attached hydrogen (secondary N) is 1. The molecule has 0 spiro atoms. The summed E-state index contributed by atoms with van der Waals surface area (Å²) >= 11 is 0. The fourth-order valence-electron chi connectivity index (χ4n) is 2.47. The maximum absolute atomic E-state index is 13.7. The molecular weight excluding hydrogens is 305 g/mol. The highest BCUT2D eigenvalue weighted by Gasteiger charge is 2.21. The van der Waals surface area contributed by atoms with Crippen LogP contribution in [-0.4, -0.2) is 12.0 Å². The lowest BCUT2D eigenvalue weighted by molar-refractivity contribution is -0.122. The van der Waals surface area contributed by atoms with Gasteiger partial charge >= 0.3 is 0 Å². The molecule has 3 nitrogen and oxygen atoms in total. The Morgan fingerprint density at radius 1 is 1.08 bits per heavy atom. The lowest BCUT2D eigenvalue weighted by Gasteiger charge is -2.21.